The monoisotopic (exact) mass is 801 g/mol. The predicted octanol–water partition coefficient (Wildman–Crippen LogP) is 17.5. The molecule has 0 radical (unpaired) electrons. The normalized spacial score (nSPS) is 11.2. The molecule has 0 N–H and O–H groups in total. The number of rotatable bonds is 9. The minimum Gasteiger partial charge on any atom is -0.310 e. The summed E-state index contributed by atoms with van der Waals surface area (Å²) in [6.07, 6.45) is 0. The highest BCUT2D eigenvalue weighted by Gasteiger charge is 2.18. The smallest absolute Gasteiger partial charge is 0.0468 e. The Morgan fingerprint density at radius 1 is 0.190 bits per heavy atom. The molecule has 0 spiro atoms. The van der Waals surface area contributed by atoms with E-state index < -0.39 is 0 Å². The maximum Gasteiger partial charge on any atom is 0.0468 e. The molecule has 0 aliphatic carbocycles. The van der Waals surface area contributed by atoms with Crippen LogP contribution in [-0.2, 0) is 0 Å². The van der Waals surface area contributed by atoms with Crippen molar-refractivity contribution in [2.45, 2.75) is 0 Å². The molecule has 296 valence electrons. The third kappa shape index (κ3) is 7.47. The van der Waals surface area contributed by atoms with E-state index in [0.717, 1.165) is 22.6 Å². The molecule has 0 bridgehead atoms. The summed E-state index contributed by atoms with van der Waals surface area (Å²) in [5.41, 5.74) is 17.6. The summed E-state index contributed by atoms with van der Waals surface area (Å²) in [5, 5.41) is 5.05. The third-order valence-corrected chi connectivity index (χ3v) is 12.2. The molecule has 11 aromatic rings. The van der Waals surface area contributed by atoms with Crippen LogP contribution in [0.4, 0.5) is 17.1 Å². The van der Waals surface area contributed by atoms with E-state index in [2.05, 4.69) is 266 Å². The first-order chi connectivity index (χ1) is 31.2. The Kier molecular flexibility index (Phi) is 9.97. The average Bonchev–Trinajstić information content (AvgIpc) is 3.37. The van der Waals surface area contributed by atoms with Gasteiger partial charge in [0.05, 0.1) is 0 Å². The maximum absolute atomic E-state index is 2.39. The van der Waals surface area contributed by atoms with Gasteiger partial charge in [-0.25, -0.2) is 0 Å². The number of anilines is 3. The SMILES string of the molecule is c1ccc(-c2cc(-c3ccccc3)cc(-c3ccc(N(c4ccc(-c5cc6ccccc6c6ccccc56)cc4)c4ccc(-c5ccccc5)c(-c5ccccc5)c4)cc3)c2)cc1. The standard InChI is InChI=1S/C62H43N/c1-5-17-44(18-6-1)51-39-52(45-19-7-2-8-20-45)41-53(40-51)46-29-33-54(34-30-46)63(56-37-38-58(47-21-9-3-10-22-47)62(43-56)48-23-11-4-12-24-48)55-35-31-49(32-36-55)61-42-50-25-13-14-26-57(50)59-27-15-16-28-60(59)61/h1-43H. The summed E-state index contributed by atoms with van der Waals surface area (Å²) >= 11 is 0. The van der Waals surface area contributed by atoms with E-state index in [-0.39, 0.29) is 0 Å². The van der Waals surface area contributed by atoms with Crippen molar-refractivity contribution in [3.05, 3.63) is 261 Å². The molecule has 0 saturated heterocycles. The Bertz CT molecular complexity index is 3280. The topological polar surface area (TPSA) is 3.24 Å². The molecule has 0 aromatic heterocycles. The second-order valence-electron chi connectivity index (χ2n) is 16.1. The largest absolute Gasteiger partial charge is 0.310 e. The van der Waals surface area contributed by atoms with Crippen LogP contribution in [0.1, 0.15) is 0 Å². The highest BCUT2D eigenvalue weighted by atomic mass is 15.1. The molecule has 63 heavy (non-hydrogen) atoms. The maximum atomic E-state index is 2.39. The summed E-state index contributed by atoms with van der Waals surface area (Å²) in [7, 11) is 0. The van der Waals surface area contributed by atoms with Gasteiger partial charge in [0.15, 0.2) is 0 Å². The summed E-state index contributed by atoms with van der Waals surface area (Å²) in [4.78, 5) is 2.39. The number of hydrogen-bond acceptors (Lipinski definition) is 1. The van der Waals surface area contributed by atoms with Crippen molar-refractivity contribution in [1.82, 2.24) is 0 Å². The lowest BCUT2D eigenvalue weighted by Gasteiger charge is -2.27. The van der Waals surface area contributed by atoms with Gasteiger partial charge >= 0.3 is 0 Å². The molecule has 0 amide bonds. The van der Waals surface area contributed by atoms with Crippen molar-refractivity contribution < 1.29 is 0 Å². The fourth-order valence-electron chi connectivity index (χ4n) is 9.12. The van der Waals surface area contributed by atoms with Crippen LogP contribution in [-0.4, -0.2) is 0 Å². The van der Waals surface area contributed by atoms with Crippen molar-refractivity contribution >= 4 is 38.6 Å². The van der Waals surface area contributed by atoms with Crippen LogP contribution >= 0.6 is 0 Å². The van der Waals surface area contributed by atoms with Gasteiger partial charge in [-0.15, -0.1) is 0 Å². The zero-order valence-electron chi connectivity index (χ0n) is 34.8. The lowest BCUT2D eigenvalue weighted by atomic mass is 9.92. The van der Waals surface area contributed by atoms with Gasteiger partial charge in [-0.2, -0.15) is 0 Å². The zero-order chi connectivity index (χ0) is 42.0. The number of nitrogens with zero attached hydrogens (tertiary/aromatic N) is 1. The van der Waals surface area contributed by atoms with Gasteiger partial charge in [-0.05, 0) is 149 Å². The van der Waals surface area contributed by atoms with Crippen LogP contribution in [0.25, 0.3) is 88.3 Å². The molecule has 0 fully saturated rings. The second-order valence-corrected chi connectivity index (χ2v) is 16.1. The molecule has 0 heterocycles. The summed E-state index contributed by atoms with van der Waals surface area (Å²) < 4.78 is 0. The first-order valence-corrected chi connectivity index (χ1v) is 21.7. The van der Waals surface area contributed by atoms with Gasteiger partial charge in [0.25, 0.3) is 0 Å². The van der Waals surface area contributed by atoms with Crippen molar-refractivity contribution in [1.29, 1.82) is 0 Å². The molecule has 11 rings (SSSR count). The van der Waals surface area contributed by atoms with E-state index in [0.29, 0.717) is 0 Å². The van der Waals surface area contributed by atoms with Gasteiger partial charge in [0.1, 0.15) is 0 Å². The number of hydrogen-bond donors (Lipinski definition) is 0. The van der Waals surface area contributed by atoms with Crippen LogP contribution in [0.2, 0.25) is 0 Å². The Labute approximate surface area is 369 Å². The molecule has 0 aliphatic heterocycles. The van der Waals surface area contributed by atoms with Crippen LogP contribution in [0, 0.1) is 0 Å². The van der Waals surface area contributed by atoms with E-state index in [1.165, 1.54) is 82.7 Å². The predicted molar refractivity (Wildman–Crippen MR) is 269 cm³/mol. The molecule has 0 unspecified atom stereocenters. The van der Waals surface area contributed by atoms with Gasteiger partial charge in [0, 0.05) is 17.1 Å². The highest BCUT2D eigenvalue weighted by Crippen LogP contribution is 2.43. The van der Waals surface area contributed by atoms with Crippen LogP contribution in [0.15, 0.2) is 261 Å². The quantitative estimate of drug-likeness (QED) is 0.131. The van der Waals surface area contributed by atoms with E-state index >= 15 is 0 Å². The summed E-state index contributed by atoms with van der Waals surface area (Å²) in [6, 6.07) is 94.7. The van der Waals surface area contributed by atoms with Crippen LogP contribution < -0.4 is 4.90 Å². The lowest BCUT2D eigenvalue weighted by molar-refractivity contribution is 1.28. The molecular weight excluding hydrogens is 759 g/mol. The third-order valence-electron chi connectivity index (χ3n) is 12.2. The summed E-state index contributed by atoms with van der Waals surface area (Å²) in [5.74, 6) is 0. The minimum absolute atomic E-state index is 1.08. The number of fused-ring (bicyclic) bond motifs is 3. The Balaban J connectivity index is 1.05. The fraction of sp³-hybridized carbons (Fsp3) is 0. The average molecular weight is 802 g/mol. The van der Waals surface area contributed by atoms with E-state index in [1.807, 2.05) is 0 Å². The first kappa shape index (κ1) is 37.7. The first-order valence-electron chi connectivity index (χ1n) is 21.7. The molecule has 0 aliphatic rings. The van der Waals surface area contributed by atoms with Crippen LogP contribution in [0.3, 0.4) is 0 Å². The van der Waals surface area contributed by atoms with Gasteiger partial charge in [-0.1, -0.05) is 200 Å². The van der Waals surface area contributed by atoms with Crippen molar-refractivity contribution in [3.8, 4) is 66.8 Å². The van der Waals surface area contributed by atoms with E-state index in [9.17, 15) is 0 Å². The van der Waals surface area contributed by atoms with E-state index in [4.69, 9.17) is 0 Å². The second kappa shape index (κ2) is 16.7. The summed E-state index contributed by atoms with van der Waals surface area (Å²) in [6.45, 7) is 0. The van der Waals surface area contributed by atoms with E-state index in [1.54, 1.807) is 0 Å². The lowest BCUT2D eigenvalue weighted by Crippen LogP contribution is -2.10. The number of benzene rings is 11. The van der Waals surface area contributed by atoms with Crippen molar-refractivity contribution in [2.75, 3.05) is 4.90 Å². The molecule has 1 heteroatoms. The zero-order valence-corrected chi connectivity index (χ0v) is 34.8. The molecule has 0 saturated carbocycles. The highest BCUT2D eigenvalue weighted by molar-refractivity contribution is 6.13. The van der Waals surface area contributed by atoms with Gasteiger partial charge < -0.3 is 4.90 Å². The molecule has 0 atom stereocenters. The van der Waals surface area contributed by atoms with Gasteiger partial charge in [-0.3, -0.25) is 0 Å². The fourth-order valence-corrected chi connectivity index (χ4v) is 9.12. The molecular formula is C62H43N. The minimum atomic E-state index is 1.08. The Morgan fingerprint density at radius 2 is 0.571 bits per heavy atom. The van der Waals surface area contributed by atoms with Gasteiger partial charge in [0.2, 0.25) is 0 Å². The Morgan fingerprint density at radius 3 is 1.11 bits per heavy atom. The molecule has 1 nitrogen and oxygen atoms in total. The van der Waals surface area contributed by atoms with Crippen molar-refractivity contribution in [3.63, 3.8) is 0 Å². The molecule has 11 aromatic carbocycles. The van der Waals surface area contributed by atoms with Crippen molar-refractivity contribution in [2.24, 2.45) is 0 Å². The van der Waals surface area contributed by atoms with Crippen LogP contribution in [0.5, 0.6) is 0 Å². The Hall–Kier alpha value is -8.26.